The topological polar surface area (TPSA) is 99.0 Å². The fourth-order valence-electron chi connectivity index (χ4n) is 2.90. The molecule has 1 atom stereocenters. The lowest BCUT2D eigenvalue weighted by molar-refractivity contribution is -0.385. The summed E-state index contributed by atoms with van der Waals surface area (Å²) in [5.41, 5.74) is 0.533. The van der Waals surface area contributed by atoms with E-state index in [2.05, 4.69) is 0 Å². The number of hydrogen-bond acceptors (Lipinski definition) is 6. The molecule has 1 aliphatic heterocycles. The molecule has 0 aliphatic carbocycles. The number of benzene rings is 2. The lowest BCUT2D eigenvalue weighted by Gasteiger charge is -2.22. The number of esters is 1. The summed E-state index contributed by atoms with van der Waals surface area (Å²) in [5, 5.41) is 11.0. The van der Waals surface area contributed by atoms with E-state index < -0.39 is 23.0 Å². The van der Waals surface area contributed by atoms with Gasteiger partial charge in [-0.05, 0) is 24.5 Å². The molecule has 1 amide bonds. The molecule has 2 aromatic rings. The number of ether oxygens (including phenoxy) is 2. The SMILES string of the molecule is O=C(Oc1ccccc1[N+](=O)[O-])[C@H]1CCCN1C(=O)OCc1ccccc1. The molecule has 0 aromatic heterocycles. The van der Waals surface area contributed by atoms with Crippen molar-refractivity contribution in [2.45, 2.75) is 25.5 Å². The summed E-state index contributed by atoms with van der Waals surface area (Å²) in [6, 6.07) is 14.0. The normalized spacial score (nSPS) is 16.0. The number of carbonyl (C=O) groups excluding carboxylic acids is 2. The maximum atomic E-state index is 12.5. The quantitative estimate of drug-likeness (QED) is 0.347. The van der Waals surface area contributed by atoms with Crippen LogP contribution in [0.2, 0.25) is 0 Å². The van der Waals surface area contributed by atoms with Gasteiger partial charge in [-0.25, -0.2) is 9.59 Å². The number of nitro benzene ring substituents is 1. The first-order valence-corrected chi connectivity index (χ1v) is 8.48. The van der Waals surface area contributed by atoms with Gasteiger partial charge >= 0.3 is 17.7 Å². The fraction of sp³-hybridized carbons (Fsp3) is 0.263. The van der Waals surface area contributed by atoms with Crippen molar-refractivity contribution in [1.82, 2.24) is 4.90 Å². The van der Waals surface area contributed by atoms with Crippen LogP contribution >= 0.6 is 0 Å². The lowest BCUT2D eigenvalue weighted by atomic mass is 10.2. The standard InChI is InChI=1S/C19H18N2O6/c22-18(27-17-11-5-4-9-15(17)21(24)25)16-10-6-12-20(16)19(23)26-13-14-7-2-1-3-8-14/h1-5,7-9,11,16H,6,10,12-13H2/t16-/m1/s1. The Kier molecular flexibility index (Phi) is 5.65. The van der Waals surface area contributed by atoms with Gasteiger partial charge in [-0.2, -0.15) is 0 Å². The Morgan fingerprint density at radius 2 is 1.81 bits per heavy atom. The summed E-state index contributed by atoms with van der Waals surface area (Å²) in [4.78, 5) is 36.6. The highest BCUT2D eigenvalue weighted by Crippen LogP contribution is 2.28. The van der Waals surface area contributed by atoms with Crippen LogP contribution in [0.4, 0.5) is 10.5 Å². The Labute approximate surface area is 155 Å². The number of likely N-dealkylation sites (tertiary alicyclic amines) is 1. The largest absolute Gasteiger partial charge is 0.445 e. The van der Waals surface area contributed by atoms with Crippen LogP contribution in [0.3, 0.4) is 0 Å². The second-order valence-corrected chi connectivity index (χ2v) is 6.04. The van der Waals surface area contributed by atoms with E-state index in [4.69, 9.17) is 9.47 Å². The van der Waals surface area contributed by atoms with Gasteiger partial charge in [-0.1, -0.05) is 42.5 Å². The van der Waals surface area contributed by atoms with E-state index >= 15 is 0 Å². The van der Waals surface area contributed by atoms with Crippen LogP contribution < -0.4 is 4.74 Å². The van der Waals surface area contributed by atoms with Gasteiger partial charge in [-0.3, -0.25) is 15.0 Å². The summed E-state index contributed by atoms with van der Waals surface area (Å²) in [5.74, 6) is -0.851. The van der Waals surface area contributed by atoms with E-state index in [9.17, 15) is 19.7 Å². The molecule has 140 valence electrons. The van der Waals surface area contributed by atoms with Crippen molar-refractivity contribution in [2.24, 2.45) is 0 Å². The predicted molar refractivity (Wildman–Crippen MR) is 95.1 cm³/mol. The van der Waals surface area contributed by atoms with Crippen LogP contribution in [0.1, 0.15) is 18.4 Å². The fourth-order valence-corrected chi connectivity index (χ4v) is 2.90. The van der Waals surface area contributed by atoms with Gasteiger partial charge in [0.25, 0.3) is 0 Å². The molecule has 0 radical (unpaired) electrons. The minimum absolute atomic E-state index is 0.0993. The second kappa shape index (κ2) is 8.31. The van der Waals surface area contributed by atoms with Crippen LogP contribution in [0.5, 0.6) is 5.75 Å². The Bertz CT molecular complexity index is 839. The number of para-hydroxylation sites is 2. The van der Waals surface area contributed by atoms with Gasteiger partial charge in [0.2, 0.25) is 5.75 Å². The summed E-state index contributed by atoms with van der Waals surface area (Å²) < 4.78 is 10.5. The molecule has 1 saturated heterocycles. The third-order valence-corrected chi connectivity index (χ3v) is 4.24. The highest BCUT2D eigenvalue weighted by atomic mass is 16.6. The van der Waals surface area contributed by atoms with Crippen molar-refractivity contribution in [3.8, 4) is 5.75 Å². The number of rotatable bonds is 5. The molecule has 0 spiro atoms. The molecule has 0 saturated carbocycles. The zero-order valence-electron chi connectivity index (χ0n) is 14.4. The van der Waals surface area contributed by atoms with Crippen LogP contribution in [0, 0.1) is 10.1 Å². The van der Waals surface area contributed by atoms with E-state index in [-0.39, 0.29) is 18.0 Å². The van der Waals surface area contributed by atoms with Crippen molar-refractivity contribution in [3.63, 3.8) is 0 Å². The highest BCUT2D eigenvalue weighted by Gasteiger charge is 2.37. The molecule has 1 heterocycles. The summed E-state index contributed by atoms with van der Waals surface area (Å²) >= 11 is 0. The molecule has 0 unspecified atom stereocenters. The molecule has 27 heavy (non-hydrogen) atoms. The van der Waals surface area contributed by atoms with Gasteiger partial charge in [0, 0.05) is 12.6 Å². The predicted octanol–water partition coefficient (Wildman–Crippen LogP) is 3.30. The summed E-state index contributed by atoms with van der Waals surface area (Å²) in [6.45, 7) is 0.465. The molecule has 2 aromatic carbocycles. The van der Waals surface area contributed by atoms with Gasteiger partial charge in [0.15, 0.2) is 0 Å². The Morgan fingerprint density at radius 1 is 1.11 bits per heavy atom. The molecule has 1 fully saturated rings. The maximum Gasteiger partial charge on any atom is 0.410 e. The molecule has 3 rings (SSSR count). The molecule has 0 N–H and O–H groups in total. The van der Waals surface area contributed by atoms with Crippen molar-refractivity contribution >= 4 is 17.7 Å². The smallest absolute Gasteiger partial charge is 0.410 e. The maximum absolute atomic E-state index is 12.5. The molecular formula is C19H18N2O6. The van der Waals surface area contributed by atoms with E-state index in [1.54, 1.807) is 0 Å². The Morgan fingerprint density at radius 3 is 2.56 bits per heavy atom. The summed E-state index contributed by atoms with van der Waals surface area (Å²) in [6.07, 6.45) is 0.428. The van der Waals surface area contributed by atoms with E-state index in [1.165, 1.54) is 29.2 Å². The first-order chi connectivity index (χ1) is 13.1. The Balaban J connectivity index is 1.64. The first kappa shape index (κ1) is 18.4. The van der Waals surface area contributed by atoms with Crippen molar-refractivity contribution in [2.75, 3.05) is 6.54 Å². The number of nitro groups is 1. The van der Waals surface area contributed by atoms with E-state index in [0.717, 1.165) is 5.56 Å². The van der Waals surface area contributed by atoms with E-state index in [1.807, 2.05) is 30.3 Å². The molecule has 0 bridgehead atoms. The van der Waals surface area contributed by atoms with Crippen molar-refractivity contribution < 1.29 is 24.0 Å². The van der Waals surface area contributed by atoms with Gasteiger partial charge in [0.05, 0.1) is 4.92 Å². The minimum Gasteiger partial charge on any atom is -0.445 e. The Hall–Kier alpha value is -3.42. The average molecular weight is 370 g/mol. The number of hydrogen-bond donors (Lipinski definition) is 0. The minimum atomic E-state index is -0.826. The third-order valence-electron chi connectivity index (χ3n) is 4.24. The molecule has 8 heteroatoms. The van der Waals surface area contributed by atoms with Crippen LogP contribution in [0.15, 0.2) is 54.6 Å². The number of carbonyl (C=O) groups is 2. The first-order valence-electron chi connectivity index (χ1n) is 8.48. The van der Waals surface area contributed by atoms with Crippen LogP contribution in [-0.2, 0) is 16.1 Å². The second-order valence-electron chi connectivity index (χ2n) is 6.04. The van der Waals surface area contributed by atoms with Gasteiger partial charge in [-0.15, -0.1) is 0 Å². The lowest BCUT2D eigenvalue weighted by Crippen LogP contribution is -2.42. The summed E-state index contributed by atoms with van der Waals surface area (Å²) in [7, 11) is 0. The van der Waals surface area contributed by atoms with Crippen LogP contribution in [0.25, 0.3) is 0 Å². The molecule has 8 nitrogen and oxygen atoms in total. The van der Waals surface area contributed by atoms with E-state index in [0.29, 0.717) is 19.4 Å². The average Bonchev–Trinajstić information content (AvgIpc) is 3.17. The zero-order chi connectivity index (χ0) is 19.2. The monoisotopic (exact) mass is 370 g/mol. The van der Waals surface area contributed by atoms with Crippen molar-refractivity contribution in [3.05, 3.63) is 70.3 Å². The number of nitrogens with zero attached hydrogens (tertiary/aromatic N) is 2. The van der Waals surface area contributed by atoms with Gasteiger partial charge in [0.1, 0.15) is 12.6 Å². The number of amides is 1. The molecular weight excluding hydrogens is 352 g/mol. The highest BCUT2D eigenvalue weighted by molar-refractivity contribution is 5.84. The zero-order valence-corrected chi connectivity index (χ0v) is 14.4. The third kappa shape index (κ3) is 4.41. The van der Waals surface area contributed by atoms with Crippen LogP contribution in [-0.4, -0.2) is 34.5 Å². The molecule has 1 aliphatic rings. The van der Waals surface area contributed by atoms with Crippen molar-refractivity contribution in [1.29, 1.82) is 0 Å². The van der Waals surface area contributed by atoms with Gasteiger partial charge < -0.3 is 9.47 Å².